The van der Waals surface area contributed by atoms with E-state index in [1.807, 2.05) is 50.1 Å². The summed E-state index contributed by atoms with van der Waals surface area (Å²) in [6.45, 7) is 5.25. The number of amides is 1. The Labute approximate surface area is 154 Å². The lowest BCUT2D eigenvalue weighted by atomic mass is 10.2. The van der Waals surface area contributed by atoms with E-state index in [2.05, 4.69) is 10.3 Å². The van der Waals surface area contributed by atoms with Gasteiger partial charge in [-0.3, -0.25) is 9.69 Å². The van der Waals surface area contributed by atoms with Gasteiger partial charge in [0.25, 0.3) is 0 Å². The molecular formula is C19H24ClN3O2. The Morgan fingerprint density at radius 2 is 2.08 bits per heavy atom. The number of anilines is 1. The molecule has 1 atom stereocenters. The van der Waals surface area contributed by atoms with Gasteiger partial charge in [-0.05, 0) is 51.1 Å². The number of pyridine rings is 1. The topological polar surface area (TPSA) is 54.5 Å². The minimum absolute atomic E-state index is 0.114. The molecular weight excluding hydrogens is 338 g/mol. The first-order valence-electron chi connectivity index (χ1n) is 8.29. The van der Waals surface area contributed by atoms with E-state index in [1.54, 1.807) is 18.3 Å². The van der Waals surface area contributed by atoms with Crippen LogP contribution >= 0.6 is 11.6 Å². The number of nitrogens with one attached hydrogen (secondary N) is 1. The van der Waals surface area contributed by atoms with Crippen LogP contribution in [-0.2, 0) is 4.79 Å². The molecule has 0 spiro atoms. The molecule has 0 aliphatic heterocycles. The smallest absolute Gasteiger partial charge is 0.241 e. The second kappa shape index (κ2) is 9.39. The highest BCUT2D eigenvalue weighted by atomic mass is 35.5. The molecule has 1 N–H and O–H groups in total. The van der Waals surface area contributed by atoms with Crippen LogP contribution in [0.2, 0.25) is 5.15 Å². The molecule has 25 heavy (non-hydrogen) atoms. The van der Waals surface area contributed by atoms with Crippen molar-refractivity contribution >= 4 is 23.2 Å². The molecule has 1 aromatic carbocycles. The third-order valence-corrected chi connectivity index (χ3v) is 4.37. The number of nitrogens with zero attached hydrogens (tertiary/aromatic N) is 2. The first-order chi connectivity index (χ1) is 12.0. The highest BCUT2D eigenvalue weighted by molar-refractivity contribution is 6.32. The number of aromatic nitrogens is 1. The quantitative estimate of drug-likeness (QED) is 0.574. The Kier molecular flexibility index (Phi) is 7.22. The summed E-state index contributed by atoms with van der Waals surface area (Å²) in [5.74, 6) is 0.791. The molecule has 1 unspecified atom stereocenters. The molecule has 5 nitrogen and oxygen atoms in total. The molecule has 6 heteroatoms. The zero-order valence-electron chi connectivity index (χ0n) is 14.8. The van der Waals surface area contributed by atoms with Gasteiger partial charge in [0.2, 0.25) is 5.91 Å². The van der Waals surface area contributed by atoms with Gasteiger partial charge >= 0.3 is 0 Å². The third kappa shape index (κ3) is 5.73. The zero-order chi connectivity index (χ0) is 18.2. The summed E-state index contributed by atoms with van der Waals surface area (Å²) in [6.07, 6.45) is 2.41. The van der Waals surface area contributed by atoms with E-state index < -0.39 is 0 Å². The Morgan fingerprint density at radius 3 is 2.80 bits per heavy atom. The van der Waals surface area contributed by atoms with Gasteiger partial charge in [0, 0.05) is 12.7 Å². The van der Waals surface area contributed by atoms with Gasteiger partial charge in [-0.25, -0.2) is 4.98 Å². The number of carbonyl (C=O) groups is 1. The average Bonchev–Trinajstić information content (AvgIpc) is 2.61. The van der Waals surface area contributed by atoms with E-state index in [0.29, 0.717) is 12.3 Å². The molecule has 0 aliphatic rings. The largest absolute Gasteiger partial charge is 0.493 e. The highest BCUT2D eigenvalue weighted by Crippen LogP contribution is 2.18. The van der Waals surface area contributed by atoms with Crippen LogP contribution in [0, 0.1) is 6.92 Å². The van der Waals surface area contributed by atoms with E-state index in [9.17, 15) is 4.79 Å². The monoisotopic (exact) mass is 361 g/mol. The lowest BCUT2D eigenvalue weighted by molar-refractivity contribution is -0.120. The maximum absolute atomic E-state index is 12.3. The maximum Gasteiger partial charge on any atom is 0.241 e. The van der Waals surface area contributed by atoms with E-state index in [4.69, 9.17) is 16.3 Å². The van der Waals surface area contributed by atoms with Gasteiger partial charge in [0.1, 0.15) is 5.75 Å². The molecule has 2 aromatic rings. The minimum Gasteiger partial charge on any atom is -0.493 e. The molecule has 0 aliphatic carbocycles. The fraction of sp³-hybridized carbons (Fsp3) is 0.368. The van der Waals surface area contributed by atoms with Crippen molar-refractivity contribution in [2.45, 2.75) is 26.3 Å². The van der Waals surface area contributed by atoms with Gasteiger partial charge in [-0.15, -0.1) is 0 Å². The van der Waals surface area contributed by atoms with Gasteiger partial charge < -0.3 is 10.1 Å². The standard InChI is InChI=1S/C19H24ClN3O2/c1-14-8-4-5-10-17(14)25-13-7-12-23(3)15(2)19(24)22-16-9-6-11-21-18(16)20/h4-6,8-11,15H,7,12-13H2,1-3H3,(H,22,24). The van der Waals surface area contributed by atoms with Gasteiger partial charge in [-0.2, -0.15) is 0 Å². The van der Waals surface area contributed by atoms with Crippen molar-refractivity contribution in [3.8, 4) is 5.75 Å². The summed E-state index contributed by atoms with van der Waals surface area (Å²) >= 11 is 5.97. The van der Waals surface area contributed by atoms with Crippen LogP contribution in [0.25, 0.3) is 0 Å². The molecule has 134 valence electrons. The van der Waals surface area contributed by atoms with E-state index in [-0.39, 0.29) is 17.1 Å². The predicted octanol–water partition coefficient (Wildman–Crippen LogP) is 3.77. The summed E-state index contributed by atoms with van der Waals surface area (Å²) in [4.78, 5) is 18.3. The summed E-state index contributed by atoms with van der Waals surface area (Å²) in [5.41, 5.74) is 1.65. The van der Waals surface area contributed by atoms with Gasteiger partial charge in [0.05, 0.1) is 18.3 Å². The molecule has 1 heterocycles. The number of hydrogen-bond donors (Lipinski definition) is 1. The SMILES string of the molecule is Cc1ccccc1OCCCN(C)C(C)C(=O)Nc1cccnc1Cl. The minimum atomic E-state index is -0.283. The second-order valence-corrected chi connectivity index (χ2v) is 6.31. The molecule has 1 aromatic heterocycles. The van der Waals surface area contributed by atoms with Crippen LogP contribution in [0.4, 0.5) is 5.69 Å². The van der Waals surface area contributed by atoms with Crippen molar-refractivity contribution in [2.24, 2.45) is 0 Å². The number of hydrogen-bond acceptors (Lipinski definition) is 4. The van der Waals surface area contributed by atoms with Gasteiger partial charge in [0.15, 0.2) is 5.15 Å². The molecule has 2 rings (SSSR count). The van der Waals surface area contributed by atoms with Crippen LogP contribution in [0.3, 0.4) is 0 Å². The predicted molar refractivity (Wildman–Crippen MR) is 101 cm³/mol. The molecule has 0 saturated heterocycles. The van der Waals surface area contributed by atoms with Crippen LogP contribution in [0.15, 0.2) is 42.6 Å². The van der Waals surface area contributed by atoms with Crippen LogP contribution < -0.4 is 10.1 Å². The van der Waals surface area contributed by atoms with Crippen molar-refractivity contribution in [1.82, 2.24) is 9.88 Å². The molecule has 0 radical (unpaired) electrons. The Balaban J connectivity index is 1.76. The number of ether oxygens (including phenoxy) is 1. The fourth-order valence-electron chi connectivity index (χ4n) is 2.32. The normalized spacial score (nSPS) is 12.0. The number of carbonyl (C=O) groups excluding carboxylic acids is 1. The van der Waals surface area contributed by atoms with Crippen molar-refractivity contribution in [3.05, 3.63) is 53.3 Å². The van der Waals surface area contributed by atoms with E-state index in [1.165, 1.54) is 0 Å². The number of benzene rings is 1. The molecule has 0 bridgehead atoms. The van der Waals surface area contributed by atoms with E-state index >= 15 is 0 Å². The lowest BCUT2D eigenvalue weighted by Crippen LogP contribution is -2.40. The number of halogens is 1. The summed E-state index contributed by atoms with van der Waals surface area (Å²) < 4.78 is 5.79. The maximum atomic E-state index is 12.3. The highest BCUT2D eigenvalue weighted by Gasteiger charge is 2.18. The molecule has 1 amide bonds. The second-order valence-electron chi connectivity index (χ2n) is 5.96. The van der Waals surface area contributed by atoms with Crippen molar-refractivity contribution in [3.63, 3.8) is 0 Å². The number of para-hydroxylation sites is 1. The number of aryl methyl sites for hydroxylation is 1. The van der Waals surface area contributed by atoms with Crippen LogP contribution in [-0.4, -0.2) is 42.0 Å². The first kappa shape index (κ1) is 19.2. The van der Waals surface area contributed by atoms with Crippen molar-refractivity contribution < 1.29 is 9.53 Å². The Morgan fingerprint density at radius 1 is 1.32 bits per heavy atom. The number of likely N-dealkylation sites (N-methyl/N-ethyl adjacent to an activating group) is 1. The zero-order valence-corrected chi connectivity index (χ0v) is 15.6. The fourth-order valence-corrected chi connectivity index (χ4v) is 2.49. The van der Waals surface area contributed by atoms with E-state index in [0.717, 1.165) is 24.3 Å². The summed E-state index contributed by atoms with van der Waals surface area (Å²) in [6, 6.07) is 11.1. The average molecular weight is 362 g/mol. The van der Waals surface area contributed by atoms with Crippen LogP contribution in [0.5, 0.6) is 5.75 Å². The summed E-state index contributed by atoms with van der Waals surface area (Å²) in [7, 11) is 1.92. The van der Waals surface area contributed by atoms with Crippen molar-refractivity contribution in [1.29, 1.82) is 0 Å². The van der Waals surface area contributed by atoms with Crippen LogP contribution in [0.1, 0.15) is 18.9 Å². The molecule has 0 fully saturated rings. The summed E-state index contributed by atoms with van der Waals surface area (Å²) in [5, 5.41) is 3.10. The third-order valence-electron chi connectivity index (χ3n) is 4.06. The van der Waals surface area contributed by atoms with Gasteiger partial charge in [-0.1, -0.05) is 29.8 Å². The Bertz CT molecular complexity index is 709. The lowest BCUT2D eigenvalue weighted by Gasteiger charge is -2.24. The number of rotatable bonds is 8. The first-order valence-corrected chi connectivity index (χ1v) is 8.67. The Hall–Kier alpha value is -2.11. The molecule has 0 saturated carbocycles. The van der Waals surface area contributed by atoms with Crippen molar-refractivity contribution in [2.75, 3.05) is 25.5 Å².